The molecule has 1 aliphatic carbocycles. The fourth-order valence-electron chi connectivity index (χ4n) is 5.97. The Kier molecular flexibility index (Phi) is 11.8. The quantitative estimate of drug-likeness (QED) is 0.222. The number of rotatable bonds is 5. The van der Waals surface area contributed by atoms with Crippen molar-refractivity contribution < 1.29 is 57.7 Å². The molecule has 0 spiro atoms. The molecule has 194 valence electrons. The molecule has 0 aliphatic heterocycles. The summed E-state index contributed by atoms with van der Waals surface area (Å²) in [6, 6.07) is 21.8. The second kappa shape index (κ2) is 12.9. The molecule has 0 nitrogen and oxygen atoms in total. The predicted octanol–water partition coefficient (Wildman–Crippen LogP) is -2.58. The largest absolute Gasteiger partial charge is 1.00 e. The maximum atomic E-state index is 2.61. The third-order valence-electron chi connectivity index (χ3n) is 7.18. The van der Waals surface area contributed by atoms with Crippen LogP contribution in [0.3, 0.4) is 0 Å². The normalized spacial score (nSPS) is 16.6. The molecule has 0 saturated carbocycles. The van der Waals surface area contributed by atoms with Gasteiger partial charge in [0.1, 0.15) is 0 Å². The minimum atomic E-state index is -2.55. The summed E-state index contributed by atoms with van der Waals surface area (Å²) in [7, 11) is -2.55. The van der Waals surface area contributed by atoms with E-state index in [0.717, 1.165) is 0 Å². The van der Waals surface area contributed by atoms with Crippen LogP contribution in [0.15, 0.2) is 78.4 Å². The van der Waals surface area contributed by atoms with Gasteiger partial charge in [0.15, 0.2) is 0 Å². The van der Waals surface area contributed by atoms with E-state index in [4.69, 9.17) is 0 Å². The summed E-state index contributed by atoms with van der Waals surface area (Å²) < 4.78 is -0.0761. The van der Waals surface area contributed by atoms with Crippen LogP contribution >= 0.6 is 0 Å². The van der Waals surface area contributed by atoms with E-state index in [0.29, 0.717) is 5.92 Å². The maximum absolute atomic E-state index is 2.61. The van der Waals surface area contributed by atoms with Gasteiger partial charge in [-0.2, -0.15) is 0 Å². The van der Waals surface area contributed by atoms with Crippen LogP contribution in [-0.2, 0) is 20.4 Å². The standard InChI is InChI=1S/C32H37Si.3ClH.Ti/c1-21(2)28-9-10-29(20-28)33(30-14-22(3)11-23(4)15-30,31-16-24(5)12-25(6)17-31)32-18-26(7)13-27(8)19-32;;;;/h9-21H,1-8H3;3*1H;/q;;;;+3/p-3. The number of halogens is 3. The molecule has 5 heteroatoms. The van der Waals surface area contributed by atoms with E-state index in [1.165, 1.54) is 54.5 Å². The van der Waals surface area contributed by atoms with Crippen molar-refractivity contribution in [1.82, 2.24) is 0 Å². The molecule has 0 aromatic heterocycles. The molecule has 1 aliphatic rings. The van der Waals surface area contributed by atoms with Crippen LogP contribution in [-0.4, -0.2) is 8.07 Å². The molecule has 37 heavy (non-hydrogen) atoms. The van der Waals surface area contributed by atoms with Crippen LogP contribution in [0.5, 0.6) is 0 Å². The van der Waals surface area contributed by atoms with Gasteiger partial charge in [-0.25, -0.2) is 0 Å². The monoisotopic (exact) mass is 602 g/mol. The van der Waals surface area contributed by atoms with E-state index in [2.05, 4.69) is 149 Å². The molecule has 1 unspecified atom stereocenters. The molecule has 4 rings (SSSR count). The summed E-state index contributed by atoms with van der Waals surface area (Å²) in [6.45, 7) is 18.1. The Labute approximate surface area is 256 Å². The van der Waals surface area contributed by atoms with Gasteiger partial charge in [0, 0.05) is 0 Å². The summed E-state index contributed by atoms with van der Waals surface area (Å²) in [4.78, 5) is 0. The Morgan fingerprint density at radius 2 is 0.865 bits per heavy atom. The van der Waals surface area contributed by atoms with Gasteiger partial charge >= 0.3 is 220 Å². The van der Waals surface area contributed by atoms with Crippen molar-refractivity contribution >= 4 is 23.6 Å². The summed E-state index contributed by atoms with van der Waals surface area (Å²) in [5.74, 6) is 0.516. The van der Waals surface area contributed by atoms with Crippen LogP contribution < -0.4 is 52.8 Å². The molecule has 3 aromatic rings. The number of hydrogen-bond acceptors (Lipinski definition) is 0. The number of hydrogen-bond donors (Lipinski definition) is 0. The van der Waals surface area contributed by atoms with E-state index in [1.54, 1.807) is 0 Å². The first-order valence-electron chi connectivity index (χ1n) is 12.4. The Bertz CT molecular complexity index is 1140. The minimum absolute atomic E-state index is 0. The van der Waals surface area contributed by atoms with Gasteiger partial charge in [-0.05, 0) is 0 Å². The summed E-state index contributed by atoms with van der Waals surface area (Å²) in [5, 5.41) is 4.52. The van der Waals surface area contributed by atoms with Crippen LogP contribution in [0.4, 0.5) is 0 Å². The predicted molar refractivity (Wildman–Crippen MR) is 147 cm³/mol. The number of aryl methyl sites for hydroxylation is 6. The average molecular weight is 604 g/mol. The first-order valence-corrected chi connectivity index (χ1v) is 15.2. The molecule has 0 fully saturated rings. The molecule has 0 amide bonds. The van der Waals surface area contributed by atoms with Gasteiger partial charge in [0.05, 0.1) is 0 Å². The third-order valence-corrected chi connectivity index (χ3v) is 14.4. The first-order chi connectivity index (χ1) is 15.9. The Hall–Kier alpha value is -1.06. The Morgan fingerprint density at radius 1 is 0.568 bits per heavy atom. The third kappa shape index (κ3) is 6.40. The topological polar surface area (TPSA) is 0 Å². The molecule has 0 bridgehead atoms. The van der Waals surface area contributed by atoms with E-state index in [-0.39, 0.29) is 40.6 Å². The van der Waals surface area contributed by atoms with E-state index < -0.39 is 8.07 Å². The van der Waals surface area contributed by atoms with Gasteiger partial charge in [-0.3, -0.25) is 0 Å². The van der Waals surface area contributed by atoms with Crippen molar-refractivity contribution in [2.75, 3.05) is 0 Å². The van der Waals surface area contributed by atoms with Crippen molar-refractivity contribution in [3.8, 4) is 0 Å². The van der Waals surface area contributed by atoms with Crippen LogP contribution in [0.2, 0.25) is 3.34 Å². The fourth-order valence-corrected chi connectivity index (χ4v) is 14.2. The number of allylic oxidation sites excluding steroid dienone is 4. The van der Waals surface area contributed by atoms with Gasteiger partial charge in [-0.1, -0.05) is 0 Å². The van der Waals surface area contributed by atoms with Crippen LogP contribution in [0.25, 0.3) is 0 Å². The molecule has 0 heterocycles. The zero-order chi connectivity index (χ0) is 24.8. The summed E-state index contributed by atoms with van der Waals surface area (Å²) in [5.41, 5.74) is 9.54. The molecular weight excluding hydrogens is 567 g/mol. The molecule has 0 N–H and O–H groups in total. The van der Waals surface area contributed by atoms with E-state index >= 15 is 0 Å². The molecule has 0 saturated heterocycles. The molecule has 3 aromatic carbocycles. The van der Waals surface area contributed by atoms with Gasteiger partial charge in [0.25, 0.3) is 0 Å². The average Bonchev–Trinajstić information content (AvgIpc) is 3.10. The SMILES string of the molecule is Cc1cc(C)cc([Si](c2cc(C)cc(C)c2)(c2cc(C)cc(C)c2)[C]2([Ti+3])C=CC(C(C)C)=C2)c1.[Cl-].[Cl-].[Cl-]. The van der Waals surface area contributed by atoms with Crippen molar-refractivity contribution in [3.05, 3.63) is 112 Å². The van der Waals surface area contributed by atoms with Crippen molar-refractivity contribution in [2.45, 2.75) is 58.7 Å². The van der Waals surface area contributed by atoms with Crippen molar-refractivity contribution in [3.63, 3.8) is 0 Å². The smallest absolute Gasteiger partial charge is 1.00 e. The zero-order valence-corrected chi connectivity index (χ0v) is 28.0. The maximum Gasteiger partial charge on any atom is -1.00 e. The molecule has 0 radical (unpaired) electrons. The zero-order valence-electron chi connectivity index (χ0n) is 23.1. The van der Waals surface area contributed by atoms with Crippen molar-refractivity contribution in [2.24, 2.45) is 5.92 Å². The molecule has 1 atom stereocenters. The van der Waals surface area contributed by atoms with Crippen molar-refractivity contribution in [1.29, 1.82) is 0 Å². The van der Waals surface area contributed by atoms with Crippen LogP contribution in [0, 0.1) is 47.5 Å². The fraction of sp³-hybridized carbons (Fsp3) is 0.312. The molecular formula is C32H37Cl3SiTi. The van der Waals surface area contributed by atoms with E-state index in [9.17, 15) is 0 Å². The van der Waals surface area contributed by atoms with Crippen LogP contribution in [0.1, 0.15) is 47.2 Å². The Morgan fingerprint density at radius 3 is 1.11 bits per heavy atom. The summed E-state index contributed by atoms with van der Waals surface area (Å²) >= 11 is 2.50. The second-order valence-corrected chi connectivity index (χ2v) is 17.0. The van der Waals surface area contributed by atoms with E-state index in [1.807, 2.05) is 0 Å². The van der Waals surface area contributed by atoms with Gasteiger partial charge in [0.2, 0.25) is 0 Å². The van der Waals surface area contributed by atoms with Gasteiger partial charge in [-0.15, -0.1) is 0 Å². The Balaban J connectivity index is 0.00000228. The number of benzene rings is 3. The second-order valence-electron chi connectivity index (χ2n) is 10.9. The van der Waals surface area contributed by atoms with Gasteiger partial charge < -0.3 is 37.2 Å². The minimum Gasteiger partial charge on any atom is -1.00 e. The summed E-state index contributed by atoms with van der Waals surface area (Å²) in [6.07, 6.45) is 7.54. The first kappa shape index (κ1) is 34.0.